The van der Waals surface area contributed by atoms with E-state index in [1.165, 1.54) is 0 Å². The number of nitrogens with zero attached hydrogens (tertiary/aromatic N) is 2. The fourth-order valence-corrected chi connectivity index (χ4v) is 8.31. The number of aromatic nitrogens is 1. The van der Waals surface area contributed by atoms with Crippen LogP contribution in [0.25, 0.3) is 16.6 Å². The Hall–Kier alpha value is -4.61. The molecule has 1 saturated heterocycles. The van der Waals surface area contributed by atoms with Crippen LogP contribution in [-0.4, -0.2) is 75.4 Å². The lowest BCUT2D eigenvalue weighted by Gasteiger charge is -2.32. The van der Waals surface area contributed by atoms with Gasteiger partial charge in [-0.3, -0.25) is 4.79 Å². The number of dihydropyridines is 1. The van der Waals surface area contributed by atoms with E-state index in [1.54, 1.807) is 6.07 Å². The van der Waals surface area contributed by atoms with Gasteiger partial charge in [0.25, 0.3) is 0 Å². The van der Waals surface area contributed by atoms with Gasteiger partial charge in [-0.1, -0.05) is 61.9 Å². The van der Waals surface area contributed by atoms with Crippen LogP contribution < -0.4 is 15.8 Å². The smallest absolute Gasteiger partial charge is 0.223 e. The minimum Gasteiger partial charge on any atom is -0.504 e. The van der Waals surface area contributed by atoms with Crippen LogP contribution >= 0.6 is 0 Å². The van der Waals surface area contributed by atoms with Crippen molar-refractivity contribution in [2.45, 2.75) is 102 Å². The van der Waals surface area contributed by atoms with Crippen molar-refractivity contribution >= 4 is 22.5 Å². The Bertz CT molecular complexity index is 2000. The number of fused-ring (bicyclic) bond motifs is 4. The van der Waals surface area contributed by atoms with Gasteiger partial charge in [-0.15, -0.1) is 0 Å². The molecule has 5 atom stereocenters. The Morgan fingerprint density at radius 2 is 1.88 bits per heavy atom. The van der Waals surface area contributed by atoms with E-state index >= 15 is 0 Å². The molecule has 1 amide bonds. The Labute approximate surface area is 330 Å². The molecule has 4 heterocycles. The lowest BCUT2D eigenvalue weighted by Crippen LogP contribution is -2.42. The molecule has 1 fully saturated rings. The Kier molecular flexibility index (Phi) is 13.1. The van der Waals surface area contributed by atoms with Gasteiger partial charge in [0.05, 0.1) is 25.0 Å². The first kappa shape index (κ1) is 39.6. The zero-order chi connectivity index (χ0) is 39.0. The number of aliphatic hydroxyl groups is 2. The van der Waals surface area contributed by atoms with E-state index in [-0.39, 0.29) is 36.9 Å². The maximum absolute atomic E-state index is 13.5. The number of carbonyl (C=O) groups excluding carboxylic acids is 1. The lowest BCUT2D eigenvalue weighted by atomic mass is 9.86. The number of nitrogens with one attached hydrogen (secondary N) is 1. The molecule has 1 aromatic heterocycles. The van der Waals surface area contributed by atoms with Crippen LogP contribution in [0.1, 0.15) is 92.9 Å². The first-order valence-corrected chi connectivity index (χ1v) is 20.5. The maximum Gasteiger partial charge on any atom is 0.223 e. The largest absolute Gasteiger partial charge is 0.504 e. The van der Waals surface area contributed by atoms with Crippen molar-refractivity contribution in [3.63, 3.8) is 0 Å². The van der Waals surface area contributed by atoms with Crippen LogP contribution in [0.4, 0.5) is 0 Å². The van der Waals surface area contributed by atoms with Gasteiger partial charge >= 0.3 is 0 Å². The second-order valence-electron chi connectivity index (χ2n) is 15.8. The van der Waals surface area contributed by atoms with Crippen LogP contribution in [0.2, 0.25) is 0 Å². The number of amides is 1. The molecule has 5 unspecified atom stereocenters. The third-order valence-corrected chi connectivity index (χ3v) is 11.9. The number of ether oxygens (including phenoxy) is 2. The van der Waals surface area contributed by atoms with Gasteiger partial charge in [-0.05, 0) is 104 Å². The zero-order valence-corrected chi connectivity index (χ0v) is 32.6. The predicted octanol–water partition coefficient (Wildman–Crippen LogP) is 6.95. The number of carbonyl (C=O) groups is 1. The summed E-state index contributed by atoms with van der Waals surface area (Å²) in [7, 11) is 0. The monoisotopic (exact) mass is 762 g/mol. The van der Waals surface area contributed by atoms with Gasteiger partial charge in [0.2, 0.25) is 5.91 Å². The highest BCUT2D eigenvalue weighted by molar-refractivity contribution is 5.88. The summed E-state index contributed by atoms with van der Waals surface area (Å²) < 4.78 is 15.2. The number of phenols is 1. The summed E-state index contributed by atoms with van der Waals surface area (Å²) in [6.45, 7) is 4.52. The van der Waals surface area contributed by atoms with Crippen molar-refractivity contribution in [2.24, 2.45) is 11.7 Å². The van der Waals surface area contributed by atoms with Gasteiger partial charge in [-0.25, -0.2) is 0 Å². The van der Waals surface area contributed by atoms with Crippen molar-refractivity contribution in [1.29, 1.82) is 0 Å². The first-order valence-electron chi connectivity index (χ1n) is 20.5. The molecule has 7 rings (SSSR count). The first-order chi connectivity index (χ1) is 27.3. The fourth-order valence-electron chi connectivity index (χ4n) is 8.31. The average Bonchev–Trinajstić information content (AvgIpc) is 3.62. The minimum absolute atomic E-state index is 0.0538. The lowest BCUT2D eigenvalue weighted by molar-refractivity contribution is -0.134. The standard InChI is InChI=1S/C46H58N4O6/c1-2-31(8-6-21-51)12-16-39-25-38(52)15-11-32-13-17-42(53)43(22-32)56-30-37-24-35(40(33-9-4-3-5-10-33)26-45(54)49-19-7-20-49)23-36-27-50(28-41(36)37)46-34(29-55-39)14-18-44(47)48-46/h3-5,9-10,13-14,17-18,22-24,27-28,31,38-40,44,48,51-53H,2,6-8,11-12,15-16,19-21,25-26,29-30,47H2,1H3. The van der Waals surface area contributed by atoms with Crippen molar-refractivity contribution in [1.82, 2.24) is 14.8 Å². The zero-order valence-electron chi connectivity index (χ0n) is 32.6. The maximum atomic E-state index is 13.5. The molecule has 4 bridgehead atoms. The van der Waals surface area contributed by atoms with E-state index in [9.17, 15) is 20.1 Å². The summed E-state index contributed by atoms with van der Waals surface area (Å²) in [6, 6.07) is 20.0. The van der Waals surface area contributed by atoms with Gasteiger partial charge in [0.15, 0.2) is 11.5 Å². The number of rotatable bonds is 11. The number of aryl methyl sites for hydroxylation is 1. The predicted molar refractivity (Wildman–Crippen MR) is 220 cm³/mol. The highest BCUT2D eigenvalue weighted by Gasteiger charge is 2.27. The molecule has 0 spiro atoms. The van der Waals surface area contributed by atoms with Gasteiger partial charge in [0.1, 0.15) is 12.4 Å². The van der Waals surface area contributed by atoms with E-state index in [2.05, 4.69) is 53.5 Å². The van der Waals surface area contributed by atoms with E-state index in [0.717, 1.165) is 96.0 Å². The van der Waals surface area contributed by atoms with Crippen LogP contribution in [0.15, 0.2) is 90.8 Å². The van der Waals surface area contributed by atoms with Crippen LogP contribution in [0.3, 0.4) is 0 Å². The molecular weight excluding hydrogens is 705 g/mol. The molecule has 3 aromatic carbocycles. The average molecular weight is 763 g/mol. The summed E-state index contributed by atoms with van der Waals surface area (Å²) in [5, 5.41) is 37.1. The summed E-state index contributed by atoms with van der Waals surface area (Å²) in [6.07, 6.45) is 14.6. The number of hydrogen-bond acceptors (Lipinski definition) is 8. The fraction of sp³-hybridized carbons (Fsp3) is 0.457. The van der Waals surface area contributed by atoms with Crippen LogP contribution in [0, 0.1) is 5.92 Å². The number of benzene rings is 3. The van der Waals surface area contributed by atoms with Crippen molar-refractivity contribution in [3.8, 4) is 11.5 Å². The quantitative estimate of drug-likeness (QED) is 0.111. The molecule has 56 heavy (non-hydrogen) atoms. The number of phenolic OH excluding ortho intramolecular Hbond substituents is 1. The van der Waals surface area contributed by atoms with Crippen LogP contribution in [-0.2, 0) is 22.6 Å². The number of aromatic hydroxyl groups is 1. The summed E-state index contributed by atoms with van der Waals surface area (Å²) >= 11 is 0. The molecule has 3 aliphatic rings. The minimum atomic E-state index is -0.579. The molecule has 3 aliphatic heterocycles. The molecule has 10 nitrogen and oxygen atoms in total. The molecular formula is C46H58N4O6. The second-order valence-corrected chi connectivity index (χ2v) is 15.8. The topological polar surface area (TPSA) is 142 Å². The molecule has 298 valence electrons. The normalized spacial score (nSPS) is 21.4. The van der Waals surface area contributed by atoms with Gasteiger partial charge in [0, 0.05) is 60.8 Å². The van der Waals surface area contributed by atoms with Gasteiger partial charge < -0.3 is 45.3 Å². The van der Waals surface area contributed by atoms with Crippen molar-refractivity contribution in [3.05, 3.63) is 113 Å². The molecule has 4 aromatic rings. The third-order valence-electron chi connectivity index (χ3n) is 11.9. The van der Waals surface area contributed by atoms with Crippen LogP contribution in [0.5, 0.6) is 11.5 Å². The molecule has 10 heteroatoms. The summed E-state index contributed by atoms with van der Waals surface area (Å²) in [4.78, 5) is 15.4. The van der Waals surface area contributed by atoms with Gasteiger partial charge in [-0.2, -0.15) is 0 Å². The second kappa shape index (κ2) is 18.6. The molecule has 0 radical (unpaired) electrons. The van der Waals surface area contributed by atoms with E-state index in [0.29, 0.717) is 44.0 Å². The number of aliphatic hydroxyl groups excluding tert-OH is 2. The van der Waals surface area contributed by atoms with E-state index in [4.69, 9.17) is 15.2 Å². The molecule has 0 aliphatic carbocycles. The Morgan fingerprint density at radius 3 is 2.64 bits per heavy atom. The number of hydrogen-bond donors (Lipinski definition) is 5. The van der Waals surface area contributed by atoms with Crippen molar-refractivity contribution < 1.29 is 29.6 Å². The Morgan fingerprint density at radius 1 is 1.04 bits per heavy atom. The Balaban J connectivity index is 1.29. The third kappa shape index (κ3) is 9.66. The molecule has 0 saturated carbocycles. The number of likely N-dealkylation sites (tertiary alicyclic amines) is 1. The van der Waals surface area contributed by atoms with Crippen molar-refractivity contribution in [2.75, 3.05) is 26.3 Å². The number of nitrogens with two attached hydrogens (primary N) is 1. The molecule has 6 N–H and O–H groups in total. The SMILES string of the molecule is CCC(CCCO)CCC1CC(O)CCc2ccc(O)c(c2)OCc2cc(C(CC(=O)N3CCC3)c3ccccc3)cc3cn(cc23)C2=C(C=CC(N)N2)CO1. The summed E-state index contributed by atoms with van der Waals surface area (Å²) in [5.74, 6) is 1.72. The highest BCUT2D eigenvalue weighted by atomic mass is 16.5. The van der Waals surface area contributed by atoms with E-state index in [1.807, 2.05) is 47.4 Å². The highest BCUT2D eigenvalue weighted by Crippen LogP contribution is 2.36. The van der Waals surface area contributed by atoms with E-state index < -0.39 is 12.3 Å². The summed E-state index contributed by atoms with van der Waals surface area (Å²) in [5.41, 5.74) is 11.4.